The van der Waals surface area contributed by atoms with E-state index in [9.17, 15) is 4.79 Å². The zero-order valence-electron chi connectivity index (χ0n) is 11.7. The Morgan fingerprint density at radius 1 is 1.25 bits per heavy atom. The molecule has 3 aromatic rings. The Balaban J connectivity index is 2.16. The zero-order valence-corrected chi connectivity index (χ0v) is 11.7. The molecule has 5 nitrogen and oxygen atoms in total. The van der Waals surface area contributed by atoms with E-state index in [1.165, 1.54) is 0 Å². The summed E-state index contributed by atoms with van der Waals surface area (Å²) in [5.74, 6) is 0.0571. The van der Waals surface area contributed by atoms with Crippen LogP contribution in [-0.2, 0) is 0 Å². The minimum Gasteiger partial charge on any atom is -0.360 e. The maximum Gasteiger partial charge on any atom is 0.171 e. The van der Waals surface area contributed by atoms with Crippen LogP contribution in [0.4, 0.5) is 0 Å². The van der Waals surface area contributed by atoms with E-state index in [-0.39, 0.29) is 5.78 Å². The third kappa shape index (κ3) is 2.01. The summed E-state index contributed by atoms with van der Waals surface area (Å²) in [4.78, 5) is 27.4. The first kappa shape index (κ1) is 12.6. The first-order chi connectivity index (χ1) is 9.47. The van der Waals surface area contributed by atoms with Crippen LogP contribution in [0.3, 0.4) is 0 Å². The third-order valence-corrected chi connectivity index (χ3v) is 3.18. The van der Waals surface area contributed by atoms with Gasteiger partial charge in [-0.1, -0.05) is 20.8 Å². The van der Waals surface area contributed by atoms with Gasteiger partial charge in [0.25, 0.3) is 0 Å². The monoisotopic (exact) mass is 268 g/mol. The van der Waals surface area contributed by atoms with Crippen LogP contribution in [0.5, 0.6) is 0 Å². The molecule has 0 aliphatic carbocycles. The Morgan fingerprint density at radius 2 is 2.05 bits per heavy atom. The number of fused-ring (bicyclic) bond motifs is 1. The number of rotatable bonds is 2. The summed E-state index contributed by atoms with van der Waals surface area (Å²) >= 11 is 0. The molecular weight excluding hydrogens is 252 g/mol. The van der Waals surface area contributed by atoms with E-state index in [0.717, 1.165) is 11.4 Å². The van der Waals surface area contributed by atoms with Gasteiger partial charge in [-0.25, -0.2) is 9.97 Å². The van der Waals surface area contributed by atoms with Crippen molar-refractivity contribution in [3.63, 3.8) is 0 Å². The summed E-state index contributed by atoms with van der Waals surface area (Å²) in [7, 11) is 0. The van der Waals surface area contributed by atoms with E-state index in [4.69, 9.17) is 0 Å². The second kappa shape index (κ2) is 4.30. The zero-order chi connectivity index (χ0) is 14.3. The van der Waals surface area contributed by atoms with Crippen molar-refractivity contribution >= 4 is 16.9 Å². The lowest BCUT2D eigenvalue weighted by molar-refractivity contribution is 0.0860. The van der Waals surface area contributed by atoms with Crippen LogP contribution in [0, 0.1) is 5.41 Å². The number of aromatic nitrogens is 4. The molecule has 20 heavy (non-hydrogen) atoms. The normalized spacial score (nSPS) is 11.9. The lowest BCUT2D eigenvalue weighted by Crippen LogP contribution is -2.20. The Kier molecular flexibility index (Phi) is 2.71. The Morgan fingerprint density at radius 3 is 2.70 bits per heavy atom. The minimum atomic E-state index is -0.445. The fraction of sp³-hybridized carbons (Fsp3) is 0.267. The highest BCUT2D eigenvalue weighted by atomic mass is 16.1. The van der Waals surface area contributed by atoms with Crippen molar-refractivity contribution in [3.05, 3.63) is 36.3 Å². The number of nitrogens with zero attached hydrogens (tertiary/aromatic N) is 2. The predicted octanol–water partition coefficient (Wildman–Crippen LogP) is 3.18. The van der Waals surface area contributed by atoms with E-state index in [1.54, 1.807) is 12.4 Å². The van der Waals surface area contributed by atoms with Gasteiger partial charge in [0, 0.05) is 17.8 Å². The van der Waals surface area contributed by atoms with Gasteiger partial charge in [-0.05, 0) is 12.1 Å². The maximum atomic E-state index is 12.4. The van der Waals surface area contributed by atoms with Crippen LogP contribution in [0.15, 0.2) is 30.7 Å². The molecule has 102 valence electrons. The Hall–Kier alpha value is -2.43. The number of aromatic amines is 2. The fourth-order valence-electron chi connectivity index (χ4n) is 2.09. The number of Topliss-reactive ketones (excluding diaryl/α,β-unsaturated/α-hetero) is 1. The maximum absolute atomic E-state index is 12.4. The van der Waals surface area contributed by atoms with Gasteiger partial charge < -0.3 is 9.97 Å². The molecule has 0 aromatic carbocycles. The highest BCUT2D eigenvalue weighted by Gasteiger charge is 2.26. The molecule has 0 saturated carbocycles. The number of nitrogens with one attached hydrogen (secondary N) is 2. The molecule has 0 amide bonds. The van der Waals surface area contributed by atoms with Crippen LogP contribution >= 0.6 is 0 Å². The van der Waals surface area contributed by atoms with E-state index >= 15 is 0 Å². The summed E-state index contributed by atoms with van der Waals surface area (Å²) < 4.78 is 0. The lowest BCUT2D eigenvalue weighted by atomic mass is 9.87. The number of carbonyl (C=O) groups excluding carboxylic acids is 1. The quantitative estimate of drug-likeness (QED) is 0.701. The molecule has 3 heterocycles. The summed E-state index contributed by atoms with van der Waals surface area (Å²) in [6.45, 7) is 5.70. The molecule has 2 N–H and O–H groups in total. The van der Waals surface area contributed by atoms with Crippen LogP contribution in [0.25, 0.3) is 22.6 Å². The average molecular weight is 268 g/mol. The summed E-state index contributed by atoms with van der Waals surface area (Å²) in [6, 6.07) is 3.83. The van der Waals surface area contributed by atoms with Gasteiger partial charge in [0.05, 0.1) is 17.5 Å². The molecule has 0 bridgehead atoms. The fourth-order valence-corrected chi connectivity index (χ4v) is 2.09. The number of ketones is 1. The van der Waals surface area contributed by atoms with Crippen LogP contribution < -0.4 is 0 Å². The van der Waals surface area contributed by atoms with Crippen molar-refractivity contribution in [2.24, 2.45) is 5.41 Å². The first-order valence-electron chi connectivity index (χ1n) is 6.49. The first-order valence-corrected chi connectivity index (χ1v) is 6.49. The molecule has 0 aliphatic rings. The largest absolute Gasteiger partial charge is 0.360 e. The van der Waals surface area contributed by atoms with Crippen LogP contribution in [0.1, 0.15) is 31.1 Å². The molecule has 3 rings (SSSR count). The number of carbonyl (C=O) groups is 1. The van der Waals surface area contributed by atoms with E-state index in [1.807, 2.05) is 39.1 Å². The van der Waals surface area contributed by atoms with Crippen molar-refractivity contribution in [1.82, 2.24) is 19.9 Å². The van der Waals surface area contributed by atoms with Crippen molar-refractivity contribution < 1.29 is 4.79 Å². The van der Waals surface area contributed by atoms with Crippen molar-refractivity contribution in [3.8, 4) is 11.4 Å². The molecule has 0 aliphatic heterocycles. The molecule has 0 saturated heterocycles. The number of hydrogen-bond acceptors (Lipinski definition) is 3. The average Bonchev–Trinajstić information content (AvgIpc) is 3.05. The van der Waals surface area contributed by atoms with E-state index in [2.05, 4.69) is 19.9 Å². The SMILES string of the molecule is CC(C)(C)C(=O)c1c[nH]c2ncc(-c3ccc[nH]3)nc12. The molecular formula is C15H16N4O. The molecule has 5 heteroatoms. The molecule has 0 atom stereocenters. The van der Waals surface area contributed by atoms with E-state index in [0.29, 0.717) is 16.7 Å². The van der Waals surface area contributed by atoms with Crippen molar-refractivity contribution in [1.29, 1.82) is 0 Å². The predicted molar refractivity (Wildman–Crippen MR) is 77.5 cm³/mol. The standard InChI is InChI=1S/C15H16N4O/c1-15(2,3)13(20)9-7-17-14-12(9)19-11(8-18-14)10-5-4-6-16-10/h4-8,16H,1-3H3,(H,17,18). The number of hydrogen-bond donors (Lipinski definition) is 2. The summed E-state index contributed by atoms with van der Waals surface area (Å²) in [6.07, 6.45) is 5.21. The van der Waals surface area contributed by atoms with Gasteiger partial charge in [-0.15, -0.1) is 0 Å². The second-order valence-electron chi connectivity index (χ2n) is 5.82. The third-order valence-electron chi connectivity index (χ3n) is 3.18. The van der Waals surface area contributed by atoms with Gasteiger partial charge in [0.2, 0.25) is 0 Å². The van der Waals surface area contributed by atoms with Crippen molar-refractivity contribution in [2.45, 2.75) is 20.8 Å². The second-order valence-corrected chi connectivity index (χ2v) is 5.82. The van der Waals surface area contributed by atoms with Crippen molar-refractivity contribution in [2.75, 3.05) is 0 Å². The molecule has 0 spiro atoms. The lowest BCUT2D eigenvalue weighted by Gasteiger charge is -2.15. The number of H-pyrrole nitrogens is 2. The molecule has 0 radical (unpaired) electrons. The van der Waals surface area contributed by atoms with Gasteiger partial charge in [-0.3, -0.25) is 4.79 Å². The Bertz CT molecular complexity index is 763. The van der Waals surface area contributed by atoms with Gasteiger partial charge in [-0.2, -0.15) is 0 Å². The van der Waals surface area contributed by atoms with Crippen LogP contribution in [-0.4, -0.2) is 25.7 Å². The molecule has 0 fully saturated rings. The Labute approximate surface area is 116 Å². The smallest absolute Gasteiger partial charge is 0.171 e. The minimum absolute atomic E-state index is 0.0571. The molecule has 0 unspecified atom stereocenters. The van der Waals surface area contributed by atoms with Gasteiger partial charge >= 0.3 is 0 Å². The highest BCUT2D eigenvalue weighted by Crippen LogP contribution is 2.26. The summed E-state index contributed by atoms with van der Waals surface area (Å²) in [5, 5.41) is 0. The summed E-state index contributed by atoms with van der Waals surface area (Å²) in [5.41, 5.74) is 3.01. The van der Waals surface area contributed by atoms with Gasteiger partial charge in [0.15, 0.2) is 11.4 Å². The van der Waals surface area contributed by atoms with E-state index < -0.39 is 5.41 Å². The van der Waals surface area contributed by atoms with Crippen LogP contribution in [0.2, 0.25) is 0 Å². The topological polar surface area (TPSA) is 74.4 Å². The molecule has 3 aromatic heterocycles. The highest BCUT2D eigenvalue weighted by molar-refractivity contribution is 6.08. The van der Waals surface area contributed by atoms with Gasteiger partial charge in [0.1, 0.15) is 11.2 Å².